The van der Waals surface area contributed by atoms with E-state index in [0.717, 1.165) is 35.7 Å². The first-order valence-electron chi connectivity index (χ1n) is 9.88. The summed E-state index contributed by atoms with van der Waals surface area (Å²) < 4.78 is 36.8. The fraction of sp³-hybridized carbons (Fsp3) is 0.300. The van der Waals surface area contributed by atoms with Gasteiger partial charge >= 0.3 is 5.69 Å². The first kappa shape index (κ1) is 20.5. The zero-order valence-corrected chi connectivity index (χ0v) is 17.4. The third-order valence-corrected chi connectivity index (χ3v) is 6.19. The number of nitrogens with zero attached hydrogens (tertiary/aromatic N) is 4. The first-order valence-corrected chi connectivity index (χ1v) is 10.8. The maximum atomic E-state index is 13.8. The van der Waals surface area contributed by atoms with Crippen LogP contribution in [0.15, 0.2) is 39.2 Å². The predicted molar refractivity (Wildman–Crippen MR) is 113 cm³/mol. The van der Waals surface area contributed by atoms with E-state index in [4.69, 9.17) is 4.74 Å². The maximum Gasteiger partial charge on any atom is 0.352 e. The third kappa shape index (κ3) is 3.50. The Hall–Kier alpha value is -3.38. The van der Waals surface area contributed by atoms with Gasteiger partial charge in [0.15, 0.2) is 0 Å². The van der Waals surface area contributed by atoms with Crippen LogP contribution in [0.4, 0.5) is 14.5 Å². The summed E-state index contributed by atoms with van der Waals surface area (Å²) in [6.45, 7) is 0.290. The summed E-state index contributed by atoms with van der Waals surface area (Å²) in [4.78, 5) is 38.5. The molecule has 0 aliphatic carbocycles. The van der Waals surface area contributed by atoms with Crippen LogP contribution in [-0.4, -0.2) is 37.4 Å². The zero-order chi connectivity index (χ0) is 22.4. The predicted octanol–water partition coefficient (Wildman–Crippen LogP) is 1.97. The number of anilines is 1. The van der Waals surface area contributed by atoms with Crippen molar-refractivity contribution in [1.29, 1.82) is 0 Å². The van der Waals surface area contributed by atoms with Gasteiger partial charge in [-0.1, -0.05) is 0 Å². The molecule has 1 N–H and O–H groups in total. The van der Waals surface area contributed by atoms with E-state index < -0.39 is 29.8 Å². The molecule has 1 atom stereocenters. The van der Waals surface area contributed by atoms with Gasteiger partial charge in [0.1, 0.15) is 22.9 Å². The molecule has 1 aliphatic heterocycles. The van der Waals surface area contributed by atoms with Crippen LogP contribution in [-0.2, 0) is 22.6 Å². The molecule has 4 aromatic rings. The van der Waals surface area contributed by atoms with Crippen molar-refractivity contribution in [3.63, 3.8) is 0 Å². The van der Waals surface area contributed by atoms with Crippen LogP contribution in [0.25, 0.3) is 16.0 Å². The molecule has 1 unspecified atom stereocenters. The number of aromatic nitrogens is 4. The lowest BCUT2D eigenvalue weighted by atomic mass is 10.2. The van der Waals surface area contributed by atoms with E-state index in [-0.39, 0.29) is 29.7 Å². The highest BCUT2D eigenvalue weighted by Crippen LogP contribution is 2.20. The number of benzene rings is 1. The molecule has 32 heavy (non-hydrogen) atoms. The molecule has 9 nitrogen and oxygen atoms in total. The molecule has 0 spiro atoms. The molecule has 0 bridgehead atoms. The van der Waals surface area contributed by atoms with E-state index >= 15 is 0 Å². The second-order valence-electron chi connectivity index (χ2n) is 7.43. The molecule has 5 rings (SSSR count). The Bertz CT molecular complexity index is 1460. The molecule has 1 aromatic carbocycles. The summed E-state index contributed by atoms with van der Waals surface area (Å²) >= 11 is 1.21. The average molecular weight is 461 g/mol. The Morgan fingerprint density at radius 1 is 1.28 bits per heavy atom. The van der Waals surface area contributed by atoms with E-state index in [1.165, 1.54) is 20.3 Å². The lowest BCUT2D eigenvalue weighted by Gasteiger charge is -2.12. The van der Waals surface area contributed by atoms with E-state index in [0.29, 0.717) is 16.8 Å². The monoisotopic (exact) mass is 461 g/mol. The largest absolute Gasteiger partial charge is 0.376 e. The molecule has 1 saturated heterocycles. The third-order valence-electron chi connectivity index (χ3n) is 5.29. The lowest BCUT2D eigenvalue weighted by molar-refractivity contribution is -0.117. The molecular formula is C20H17F2N5O4S. The van der Waals surface area contributed by atoms with Crippen LogP contribution in [0.2, 0.25) is 0 Å². The Labute approximate surface area is 182 Å². The lowest BCUT2D eigenvalue weighted by Crippen LogP contribution is -2.30. The van der Waals surface area contributed by atoms with E-state index in [1.54, 1.807) is 11.4 Å². The van der Waals surface area contributed by atoms with Gasteiger partial charge in [0.2, 0.25) is 11.7 Å². The second-order valence-corrected chi connectivity index (χ2v) is 8.35. The summed E-state index contributed by atoms with van der Waals surface area (Å²) in [6.07, 6.45) is 1.50. The number of thiophene rings is 1. The highest BCUT2D eigenvalue weighted by atomic mass is 32.1. The summed E-state index contributed by atoms with van der Waals surface area (Å²) in [5.41, 5.74) is -0.866. The fourth-order valence-electron chi connectivity index (χ4n) is 3.81. The van der Waals surface area contributed by atoms with Crippen molar-refractivity contribution in [2.45, 2.75) is 32.0 Å². The number of nitrogens with one attached hydrogen (secondary N) is 1. The molecule has 166 valence electrons. The van der Waals surface area contributed by atoms with Gasteiger partial charge < -0.3 is 10.1 Å². The van der Waals surface area contributed by atoms with Crippen molar-refractivity contribution >= 4 is 38.9 Å². The van der Waals surface area contributed by atoms with Gasteiger partial charge in [-0.2, -0.15) is 0 Å². The molecule has 1 fully saturated rings. The quantitative estimate of drug-likeness (QED) is 0.490. The number of ether oxygens (including phenoxy) is 1. The van der Waals surface area contributed by atoms with Crippen LogP contribution in [0.1, 0.15) is 12.8 Å². The van der Waals surface area contributed by atoms with Gasteiger partial charge in [0.25, 0.3) is 5.56 Å². The highest BCUT2D eigenvalue weighted by molar-refractivity contribution is 7.17. The Kier molecular flexibility index (Phi) is 5.10. The molecule has 1 amide bonds. The molecule has 4 heterocycles. The number of carbonyl (C=O) groups is 1. The van der Waals surface area contributed by atoms with Crippen LogP contribution in [0.5, 0.6) is 0 Å². The minimum Gasteiger partial charge on any atom is -0.376 e. The minimum atomic E-state index is -0.813. The first-order chi connectivity index (χ1) is 15.4. The van der Waals surface area contributed by atoms with Crippen LogP contribution >= 0.6 is 11.3 Å². The van der Waals surface area contributed by atoms with Gasteiger partial charge in [0.05, 0.1) is 23.9 Å². The molecular weight excluding hydrogens is 444 g/mol. The van der Waals surface area contributed by atoms with Crippen molar-refractivity contribution < 1.29 is 18.3 Å². The maximum absolute atomic E-state index is 13.8. The van der Waals surface area contributed by atoms with Gasteiger partial charge in [-0.05, 0) is 36.4 Å². The van der Waals surface area contributed by atoms with E-state index in [1.807, 2.05) is 0 Å². The standard InChI is InChI=1S/C20H17F2N5O4S/c21-11-3-4-13(22)14(8-11)23-16(28)10-26-20(30)27-15-5-7-32-17(15)18(29)25(19(27)24-26)9-12-2-1-6-31-12/h3-5,7-8,12H,1-2,6,9-10H2,(H,23,28). The molecule has 0 radical (unpaired) electrons. The Balaban J connectivity index is 1.55. The fourth-order valence-corrected chi connectivity index (χ4v) is 4.64. The molecule has 0 saturated carbocycles. The normalized spacial score (nSPS) is 16.2. The Morgan fingerprint density at radius 3 is 2.91 bits per heavy atom. The van der Waals surface area contributed by atoms with Crippen LogP contribution in [0.3, 0.4) is 0 Å². The minimum absolute atomic E-state index is 0.0890. The second kappa shape index (κ2) is 7.95. The smallest absolute Gasteiger partial charge is 0.352 e. The number of hydrogen-bond donors (Lipinski definition) is 1. The topological polar surface area (TPSA) is 99.6 Å². The van der Waals surface area contributed by atoms with Crippen molar-refractivity contribution in [2.24, 2.45) is 0 Å². The highest BCUT2D eigenvalue weighted by Gasteiger charge is 2.23. The number of carbonyl (C=O) groups excluding carboxylic acids is 1. The van der Waals surface area contributed by atoms with Crippen LogP contribution < -0.4 is 16.6 Å². The van der Waals surface area contributed by atoms with Gasteiger partial charge in [-0.3, -0.25) is 14.2 Å². The summed E-state index contributed by atoms with van der Waals surface area (Å²) in [5, 5.41) is 8.16. The number of halogens is 2. The van der Waals surface area contributed by atoms with Crippen molar-refractivity contribution in [2.75, 3.05) is 11.9 Å². The summed E-state index contributed by atoms with van der Waals surface area (Å²) in [7, 11) is 0. The van der Waals surface area contributed by atoms with Crippen LogP contribution in [0, 0.1) is 11.6 Å². The van der Waals surface area contributed by atoms with Gasteiger partial charge in [-0.15, -0.1) is 16.4 Å². The van der Waals surface area contributed by atoms with Crippen molar-refractivity contribution in [3.05, 3.63) is 62.1 Å². The molecule has 12 heteroatoms. The SMILES string of the molecule is O=C(Cn1nc2n(CC3CCCO3)c(=O)c3sccc3n2c1=O)Nc1cc(F)ccc1F. The van der Waals surface area contributed by atoms with Gasteiger partial charge in [0, 0.05) is 12.7 Å². The number of rotatable bonds is 5. The molecule has 3 aromatic heterocycles. The average Bonchev–Trinajstić information content (AvgIpc) is 3.49. The number of fused-ring (bicyclic) bond motifs is 3. The Morgan fingerprint density at radius 2 is 2.12 bits per heavy atom. The van der Waals surface area contributed by atoms with Crippen molar-refractivity contribution in [1.82, 2.24) is 18.7 Å². The zero-order valence-electron chi connectivity index (χ0n) is 16.6. The number of amides is 1. The molecule has 1 aliphatic rings. The van der Waals surface area contributed by atoms with Gasteiger partial charge in [-0.25, -0.2) is 22.7 Å². The van der Waals surface area contributed by atoms with E-state index in [9.17, 15) is 23.2 Å². The van der Waals surface area contributed by atoms with E-state index in [2.05, 4.69) is 10.4 Å². The number of hydrogen-bond acceptors (Lipinski definition) is 6. The van der Waals surface area contributed by atoms with Crippen molar-refractivity contribution in [3.8, 4) is 0 Å². The summed E-state index contributed by atoms with van der Waals surface area (Å²) in [5.74, 6) is -2.21. The summed E-state index contributed by atoms with van der Waals surface area (Å²) in [6, 6.07) is 4.30.